The lowest BCUT2D eigenvalue weighted by atomic mass is 10.1. The van der Waals surface area contributed by atoms with Gasteiger partial charge in [-0.05, 0) is 29.8 Å². The molecule has 0 aromatic heterocycles. The summed E-state index contributed by atoms with van der Waals surface area (Å²) in [7, 11) is 1.60. The maximum atomic E-state index is 12.0. The Kier molecular flexibility index (Phi) is 6.18. The molecule has 0 spiro atoms. The van der Waals surface area contributed by atoms with E-state index in [9.17, 15) is 9.59 Å². The normalized spacial score (nSPS) is 10.2. The summed E-state index contributed by atoms with van der Waals surface area (Å²) in [5.41, 5.74) is 1.50. The van der Waals surface area contributed by atoms with Crippen molar-refractivity contribution in [2.45, 2.75) is 19.4 Å². The molecule has 0 saturated heterocycles. The lowest BCUT2D eigenvalue weighted by molar-refractivity contribution is -0.121. The van der Waals surface area contributed by atoms with Crippen LogP contribution in [0.25, 0.3) is 0 Å². The van der Waals surface area contributed by atoms with Crippen LogP contribution in [-0.2, 0) is 11.3 Å². The van der Waals surface area contributed by atoms with Crippen molar-refractivity contribution in [2.24, 2.45) is 0 Å². The molecule has 23 heavy (non-hydrogen) atoms. The first kappa shape index (κ1) is 17.0. The van der Waals surface area contributed by atoms with Crippen molar-refractivity contribution >= 4 is 23.3 Å². The van der Waals surface area contributed by atoms with Gasteiger partial charge >= 0.3 is 0 Å². The van der Waals surface area contributed by atoms with Crippen molar-refractivity contribution in [3.05, 3.63) is 64.7 Å². The van der Waals surface area contributed by atoms with Gasteiger partial charge in [0.05, 0.1) is 7.11 Å². The molecule has 0 bridgehead atoms. The number of carbonyl (C=O) groups is 2. The van der Waals surface area contributed by atoms with Crippen LogP contribution in [0.4, 0.5) is 0 Å². The highest BCUT2D eigenvalue weighted by Crippen LogP contribution is 2.13. The van der Waals surface area contributed by atoms with Crippen LogP contribution >= 0.6 is 11.6 Å². The molecule has 0 radical (unpaired) electrons. The fraction of sp³-hybridized carbons (Fsp3) is 0.222. The van der Waals surface area contributed by atoms with Crippen molar-refractivity contribution in [3.63, 3.8) is 0 Å². The van der Waals surface area contributed by atoms with Crippen molar-refractivity contribution in [1.82, 2.24) is 5.32 Å². The second-order valence-electron chi connectivity index (χ2n) is 5.06. The number of ketones is 1. The van der Waals surface area contributed by atoms with Crippen LogP contribution in [0.15, 0.2) is 48.5 Å². The van der Waals surface area contributed by atoms with E-state index in [0.29, 0.717) is 17.1 Å². The topological polar surface area (TPSA) is 55.4 Å². The third-order valence-electron chi connectivity index (χ3n) is 3.37. The highest BCUT2D eigenvalue weighted by molar-refractivity contribution is 6.31. The Morgan fingerprint density at radius 1 is 1.09 bits per heavy atom. The summed E-state index contributed by atoms with van der Waals surface area (Å²) < 4.78 is 5.08. The molecule has 2 aromatic carbocycles. The van der Waals surface area contributed by atoms with E-state index in [1.807, 2.05) is 24.3 Å². The molecule has 4 nitrogen and oxygen atoms in total. The SMILES string of the molecule is COc1ccc(CNC(=O)CCC(=O)c2cccc(Cl)c2)cc1. The van der Waals surface area contributed by atoms with E-state index in [4.69, 9.17) is 16.3 Å². The van der Waals surface area contributed by atoms with E-state index in [1.165, 1.54) is 0 Å². The molecule has 0 atom stereocenters. The van der Waals surface area contributed by atoms with Gasteiger partial charge in [0.2, 0.25) is 5.91 Å². The van der Waals surface area contributed by atoms with E-state index < -0.39 is 0 Å². The van der Waals surface area contributed by atoms with Crippen LogP contribution < -0.4 is 10.1 Å². The smallest absolute Gasteiger partial charge is 0.220 e. The number of hydrogen-bond acceptors (Lipinski definition) is 3. The number of Topliss-reactive ketones (excluding diaryl/α,β-unsaturated/α-hetero) is 1. The number of nitrogens with one attached hydrogen (secondary N) is 1. The molecule has 1 amide bonds. The predicted molar refractivity (Wildman–Crippen MR) is 89.9 cm³/mol. The third kappa shape index (κ3) is 5.42. The first-order valence-corrected chi connectivity index (χ1v) is 7.64. The fourth-order valence-corrected chi connectivity index (χ4v) is 2.26. The minimum Gasteiger partial charge on any atom is -0.497 e. The lowest BCUT2D eigenvalue weighted by Crippen LogP contribution is -2.23. The van der Waals surface area contributed by atoms with Crippen LogP contribution in [0.3, 0.4) is 0 Å². The maximum Gasteiger partial charge on any atom is 0.220 e. The summed E-state index contributed by atoms with van der Waals surface area (Å²) >= 11 is 5.85. The number of benzene rings is 2. The van der Waals surface area contributed by atoms with Crippen LogP contribution in [0.2, 0.25) is 5.02 Å². The van der Waals surface area contributed by atoms with Crippen LogP contribution in [0.1, 0.15) is 28.8 Å². The van der Waals surface area contributed by atoms with E-state index in [-0.39, 0.29) is 24.5 Å². The molecule has 5 heteroatoms. The fourth-order valence-electron chi connectivity index (χ4n) is 2.07. The summed E-state index contributed by atoms with van der Waals surface area (Å²) in [5, 5.41) is 3.31. The molecule has 0 aliphatic rings. The van der Waals surface area contributed by atoms with E-state index in [1.54, 1.807) is 31.4 Å². The van der Waals surface area contributed by atoms with Gasteiger partial charge < -0.3 is 10.1 Å². The van der Waals surface area contributed by atoms with Gasteiger partial charge in [-0.1, -0.05) is 35.9 Å². The summed E-state index contributed by atoms with van der Waals surface area (Å²) in [4.78, 5) is 23.8. The summed E-state index contributed by atoms with van der Waals surface area (Å²) in [5.74, 6) is 0.524. The molecule has 0 heterocycles. The number of ether oxygens (including phenoxy) is 1. The Morgan fingerprint density at radius 3 is 2.48 bits per heavy atom. The Morgan fingerprint density at radius 2 is 1.83 bits per heavy atom. The Bertz CT molecular complexity index is 683. The zero-order chi connectivity index (χ0) is 16.7. The quantitative estimate of drug-likeness (QED) is 0.788. The molecule has 0 fully saturated rings. The molecule has 0 aliphatic carbocycles. The van der Waals surface area contributed by atoms with E-state index >= 15 is 0 Å². The van der Waals surface area contributed by atoms with Crippen LogP contribution in [-0.4, -0.2) is 18.8 Å². The van der Waals surface area contributed by atoms with E-state index in [0.717, 1.165) is 11.3 Å². The number of hydrogen-bond donors (Lipinski definition) is 1. The molecule has 2 aromatic rings. The van der Waals surface area contributed by atoms with Gasteiger partial charge in [0.1, 0.15) is 5.75 Å². The Balaban J connectivity index is 1.77. The molecule has 120 valence electrons. The van der Waals surface area contributed by atoms with Gasteiger partial charge in [-0.15, -0.1) is 0 Å². The summed E-state index contributed by atoms with van der Waals surface area (Å²) in [6.07, 6.45) is 0.316. The lowest BCUT2D eigenvalue weighted by Gasteiger charge is -2.06. The van der Waals surface area contributed by atoms with Gasteiger partial charge in [0.25, 0.3) is 0 Å². The van der Waals surface area contributed by atoms with Crippen molar-refractivity contribution in [2.75, 3.05) is 7.11 Å². The largest absolute Gasteiger partial charge is 0.497 e. The molecule has 0 unspecified atom stereocenters. The number of methoxy groups -OCH3 is 1. The minimum atomic E-state index is -0.156. The van der Waals surface area contributed by atoms with Gasteiger partial charge in [-0.3, -0.25) is 9.59 Å². The first-order chi connectivity index (χ1) is 11.1. The summed E-state index contributed by atoms with van der Waals surface area (Å²) in [6.45, 7) is 0.425. The second-order valence-corrected chi connectivity index (χ2v) is 5.49. The highest BCUT2D eigenvalue weighted by Gasteiger charge is 2.09. The average Bonchev–Trinajstić information content (AvgIpc) is 2.58. The zero-order valence-electron chi connectivity index (χ0n) is 12.8. The van der Waals surface area contributed by atoms with Crippen molar-refractivity contribution < 1.29 is 14.3 Å². The molecular formula is C18H18ClNO3. The van der Waals surface area contributed by atoms with Gasteiger partial charge in [-0.2, -0.15) is 0 Å². The second kappa shape index (κ2) is 8.34. The third-order valence-corrected chi connectivity index (χ3v) is 3.61. The maximum absolute atomic E-state index is 12.0. The standard InChI is InChI=1S/C18H18ClNO3/c1-23-16-7-5-13(6-8-16)12-20-18(22)10-9-17(21)14-3-2-4-15(19)11-14/h2-8,11H,9-10,12H2,1H3,(H,20,22). The molecule has 2 rings (SSSR count). The molecular weight excluding hydrogens is 314 g/mol. The van der Waals surface area contributed by atoms with E-state index in [2.05, 4.69) is 5.32 Å². The molecule has 1 N–H and O–H groups in total. The van der Waals surface area contributed by atoms with Crippen LogP contribution in [0, 0.1) is 0 Å². The van der Waals surface area contributed by atoms with Gasteiger partial charge in [0.15, 0.2) is 5.78 Å². The first-order valence-electron chi connectivity index (χ1n) is 7.27. The Labute approximate surface area is 140 Å². The number of rotatable bonds is 7. The zero-order valence-corrected chi connectivity index (χ0v) is 13.6. The Hall–Kier alpha value is -2.33. The van der Waals surface area contributed by atoms with Crippen molar-refractivity contribution in [3.8, 4) is 5.75 Å². The van der Waals surface area contributed by atoms with Crippen LogP contribution in [0.5, 0.6) is 5.75 Å². The average molecular weight is 332 g/mol. The number of halogens is 1. The monoisotopic (exact) mass is 331 g/mol. The summed E-state index contributed by atoms with van der Waals surface area (Å²) in [6, 6.07) is 14.2. The van der Waals surface area contributed by atoms with Crippen molar-refractivity contribution in [1.29, 1.82) is 0 Å². The molecule has 0 saturated carbocycles. The minimum absolute atomic E-state index is 0.0907. The number of amides is 1. The number of carbonyl (C=O) groups excluding carboxylic acids is 2. The predicted octanol–water partition coefficient (Wildman–Crippen LogP) is 3.63. The van der Waals surface area contributed by atoms with Gasteiger partial charge in [-0.25, -0.2) is 0 Å². The van der Waals surface area contributed by atoms with Gasteiger partial charge in [0, 0.05) is 30.0 Å². The highest BCUT2D eigenvalue weighted by atomic mass is 35.5. The molecule has 0 aliphatic heterocycles.